The van der Waals surface area contributed by atoms with Crippen LogP contribution in [0.1, 0.15) is 50.7 Å². The summed E-state index contributed by atoms with van der Waals surface area (Å²) in [4.78, 5) is 3.74. The topological polar surface area (TPSA) is 25.0 Å². The Kier molecular flexibility index (Phi) is 2.31. The molecule has 2 aliphatic carbocycles. The van der Waals surface area contributed by atoms with Crippen molar-refractivity contribution in [3.8, 4) is 5.75 Å². The van der Waals surface area contributed by atoms with E-state index in [1.54, 1.807) is 0 Å². The number of nitrogens with one attached hydrogen (secondary N) is 1. The third kappa shape index (κ3) is 1.49. The number of hydrogen-bond donors (Lipinski definition) is 1. The van der Waals surface area contributed by atoms with E-state index < -0.39 is 0 Å². The number of benzene rings is 2. The highest BCUT2D eigenvalue weighted by atomic mass is 16.5. The minimum absolute atomic E-state index is 0.0358. The zero-order valence-electron chi connectivity index (χ0n) is 15.4. The van der Waals surface area contributed by atoms with Crippen molar-refractivity contribution in [1.82, 2.24) is 4.98 Å². The Labute approximate surface area is 148 Å². The zero-order valence-corrected chi connectivity index (χ0v) is 15.4. The van der Waals surface area contributed by atoms with Crippen LogP contribution in [0.15, 0.2) is 30.3 Å². The molecule has 0 unspecified atom stereocenters. The molecule has 6 rings (SSSR count). The average Bonchev–Trinajstić information content (AvgIpc) is 3.08. The third-order valence-corrected chi connectivity index (χ3v) is 7.79. The Morgan fingerprint density at radius 2 is 1.92 bits per heavy atom. The fourth-order valence-corrected chi connectivity index (χ4v) is 6.61. The van der Waals surface area contributed by atoms with E-state index in [4.69, 9.17) is 4.74 Å². The van der Waals surface area contributed by atoms with Crippen LogP contribution < -0.4 is 4.74 Å². The summed E-state index contributed by atoms with van der Waals surface area (Å²) in [7, 11) is 0. The van der Waals surface area contributed by atoms with Crippen LogP contribution in [0.4, 0.5) is 0 Å². The summed E-state index contributed by atoms with van der Waals surface area (Å²) in [6, 6.07) is 11.2. The summed E-state index contributed by atoms with van der Waals surface area (Å²) in [5.41, 5.74) is 5.70. The first-order valence-electron chi connectivity index (χ1n) is 9.64. The van der Waals surface area contributed by atoms with Gasteiger partial charge in [-0.1, -0.05) is 25.5 Å². The van der Waals surface area contributed by atoms with E-state index in [-0.39, 0.29) is 5.60 Å². The van der Waals surface area contributed by atoms with Gasteiger partial charge in [0.05, 0.1) is 5.52 Å². The maximum atomic E-state index is 6.65. The van der Waals surface area contributed by atoms with Crippen molar-refractivity contribution in [2.75, 3.05) is 0 Å². The Bertz CT molecular complexity index is 1060. The fraction of sp³-hybridized carbons (Fsp3) is 0.478. The van der Waals surface area contributed by atoms with E-state index >= 15 is 0 Å². The lowest BCUT2D eigenvalue weighted by Crippen LogP contribution is -2.59. The minimum atomic E-state index is 0.0358. The second kappa shape index (κ2) is 4.06. The second-order valence-electron chi connectivity index (χ2n) is 9.46. The van der Waals surface area contributed by atoms with Crippen molar-refractivity contribution >= 4 is 21.8 Å². The number of hydrogen-bond acceptors (Lipinski definition) is 1. The molecule has 2 heteroatoms. The first-order valence-corrected chi connectivity index (χ1v) is 9.64. The predicted octanol–water partition coefficient (Wildman–Crippen LogP) is 5.93. The van der Waals surface area contributed by atoms with Crippen LogP contribution in [0.25, 0.3) is 21.8 Å². The van der Waals surface area contributed by atoms with Crippen molar-refractivity contribution in [2.24, 2.45) is 17.3 Å². The largest absolute Gasteiger partial charge is 0.487 e. The van der Waals surface area contributed by atoms with E-state index in [0.717, 1.165) is 11.7 Å². The summed E-state index contributed by atoms with van der Waals surface area (Å²) in [6.07, 6.45) is 2.51. The second-order valence-corrected chi connectivity index (χ2v) is 9.46. The predicted molar refractivity (Wildman–Crippen MR) is 102 cm³/mol. The molecule has 128 valence electrons. The molecule has 0 saturated heterocycles. The summed E-state index contributed by atoms with van der Waals surface area (Å²) < 4.78 is 6.65. The Morgan fingerprint density at radius 3 is 2.76 bits per heavy atom. The number of aromatic nitrogens is 1. The van der Waals surface area contributed by atoms with Crippen LogP contribution >= 0.6 is 0 Å². The molecule has 0 amide bonds. The van der Waals surface area contributed by atoms with Gasteiger partial charge in [-0.2, -0.15) is 0 Å². The molecule has 0 radical (unpaired) electrons. The van der Waals surface area contributed by atoms with Crippen LogP contribution in [-0.2, 0) is 0 Å². The van der Waals surface area contributed by atoms with Crippen molar-refractivity contribution in [3.05, 3.63) is 41.5 Å². The van der Waals surface area contributed by atoms with E-state index in [9.17, 15) is 0 Å². The molecular weight excluding hydrogens is 306 g/mol. The molecule has 4 atom stereocenters. The van der Waals surface area contributed by atoms with Gasteiger partial charge in [-0.05, 0) is 62.3 Å². The van der Waals surface area contributed by atoms with Gasteiger partial charge in [0.2, 0.25) is 0 Å². The Morgan fingerprint density at radius 1 is 1.08 bits per heavy atom. The average molecular weight is 331 g/mol. The molecule has 2 heterocycles. The smallest absolute Gasteiger partial charge is 0.125 e. The molecule has 1 aromatic heterocycles. The summed E-state index contributed by atoms with van der Waals surface area (Å²) in [6.45, 7) is 9.47. The van der Waals surface area contributed by atoms with Gasteiger partial charge in [0.25, 0.3) is 0 Å². The number of H-pyrrole nitrogens is 1. The van der Waals surface area contributed by atoms with E-state index in [1.807, 2.05) is 0 Å². The maximum Gasteiger partial charge on any atom is 0.125 e. The van der Waals surface area contributed by atoms with Crippen LogP contribution in [-0.4, -0.2) is 10.6 Å². The van der Waals surface area contributed by atoms with Gasteiger partial charge in [-0.25, -0.2) is 0 Å². The van der Waals surface area contributed by atoms with Gasteiger partial charge in [-0.15, -0.1) is 0 Å². The molecule has 0 spiro atoms. The van der Waals surface area contributed by atoms with Crippen molar-refractivity contribution < 1.29 is 4.74 Å². The van der Waals surface area contributed by atoms with Crippen LogP contribution in [0.5, 0.6) is 5.75 Å². The van der Waals surface area contributed by atoms with E-state index in [1.165, 1.54) is 45.8 Å². The zero-order chi connectivity index (χ0) is 17.1. The summed E-state index contributed by atoms with van der Waals surface area (Å²) in [5.74, 6) is 3.20. The SMILES string of the molecule is Cc1ccc2[nH]c3c4c(ccc3c2c1)O[C@@]1(C)CC[C@@H]2[C@H]1[C@H]4C2(C)C. The maximum absolute atomic E-state index is 6.65. The number of aromatic amines is 1. The summed E-state index contributed by atoms with van der Waals surface area (Å²) in [5, 5.41) is 2.69. The number of rotatable bonds is 0. The van der Waals surface area contributed by atoms with Gasteiger partial charge in [-0.3, -0.25) is 0 Å². The minimum Gasteiger partial charge on any atom is -0.487 e. The lowest BCUT2D eigenvalue weighted by atomic mass is 9.45. The van der Waals surface area contributed by atoms with Crippen LogP contribution in [0.3, 0.4) is 0 Å². The standard InChI is InChI=1S/C23H25NO/c1-12-5-7-16-14(11-12)13-6-8-17-18(21(13)24-16)20-19-15(22(20,2)3)9-10-23(19,4)25-17/h5-8,11,15,19-20,24H,9-10H2,1-4H3/t15-,19+,20+,23+/m1/s1. The lowest BCUT2D eigenvalue weighted by Gasteiger charge is -2.62. The Balaban J connectivity index is 1.69. The molecule has 0 bridgehead atoms. The van der Waals surface area contributed by atoms with Crippen molar-refractivity contribution in [3.63, 3.8) is 0 Å². The monoisotopic (exact) mass is 331 g/mol. The molecular formula is C23H25NO. The van der Waals surface area contributed by atoms with Gasteiger partial charge >= 0.3 is 0 Å². The molecule has 2 aromatic carbocycles. The molecule has 1 aliphatic heterocycles. The van der Waals surface area contributed by atoms with Crippen LogP contribution in [0.2, 0.25) is 0 Å². The lowest BCUT2D eigenvalue weighted by molar-refractivity contribution is -0.119. The van der Waals surface area contributed by atoms with Crippen LogP contribution in [0, 0.1) is 24.2 Å². The molecule has 2 saturated carbocycles. The summed E-state index contributed by atoms with van der Waals surface area (Å²) >= 11 is 0. The van der Waals surface area contributed by atoms with Gasteiger partial charge in [0, 0.05) is 33.7 Å². The normalized spacial score (nSPS) is 34.5. The first-order chi connectivity index (χ1) is 11.9. The number of ether oxygens (including phenoxy) is 1. The number of fused-ring (bicyclic) bond motifs is 6. The highest BCUT2D eigenvalue weighted by Crippen LogP contribution is 2.73. The van der Waals surface area contributed by atoms with E-state index in [0.29, 0.717) is 17.3 Å². The Hall–Kier alpha value is -1.96. The molecule has 3 aromatic rings. The van der Waals surface area contributed by atoms with E-state index in [2.05, 4.69) is 63.0 Å². The molecule has 3 aliphatic rings. The highest BCUT2D eigenvalue weighted by Gasteiger charge is 2.69. The fourth-order valence-electron chi connectivity index (χ4n) is 6.61. The molecule has 25 heavy (non-hydrogen) atoms. The quantitative estimate of drug-likeness (QED) is 0.542. The van der Waals surface area contributed by atoms with Gasteiger partial charge in [0.15, 0.2) is 0 Å². The van der Waals surface area contributed by atoms with Crippen molar-refractivity contribution in [2.45, 2.75) is 52.1 Å². The third-order valence-electron chi connectivity index (χ3n) is 7.79. The molecule has 2 fully saturated rings. The number of aryl methyl sites for hydroxylation is 1. The highest BCUT2D eigenvalue weighted by molar-refractivity contribution is 6.09. The molecule has 1 N–H and O–H groups in total. The first kappa shape index (κ1) is 14.2. The van der Waals surface area contributed by atoms with Gasteiger partial charge in [0.1, 0.15) is 11.4 Å². The molecule has 2 nitrogen and oxygen atoms in total. The van der Waals surface area contributed by atoms with Gasteiger partial charge < -0.3 is 9.72 Å². The van der Waals surface area contributed by atoms with Crippen molar-refractivity contribution in [1.29, 1.82) is 0 Å².